The summed E-state index contributed by atoms with van der Waals surface area (Å²) in [7, 11) is 0. The second kappa shape index (κ2) is 10.4. The quantitative estimate of drug-likeness (QED) is 0.550. The number of nitrogens with zero attached hydrogens (tertiary/aromatic N) is 2. The average Bonchev–Trinajstić information content (AvgIpc) is 3.09. The Morgan fingerprint density at radius 3 is 2.50 bits per heavy atom. The lowest BCUT2D eigenvalue weighted by Gasteiger charge is -2.32. The van der Waals surface area contributed by atoms with E-state index >= 15 is 0 Å². The summed E-state index contributed by atoms with van der Waals surface area (Å²) >= 11 is 1.02. The SMILES string of the molecule is CCCCN(C(=O)c1cccc(CN2C(=O)CSC2=O)c1)C(CC)c1ccccc1. The Morgan fingerprint density at radius 1 is 1.10 bits per heavy atom. The van der Waals surface area contributed by atoms with Crippen molar-refractivity contribution in [3.8, 4) is 0 Å². The minimum atomic E-state index is -0.226. The fraction of sp³-hybridized carbons (Fsp3) is 0.375. The van der Waals surface area contributed by atoms with Crippen LogP contribution in [0.5, 0.6) is 0 Å². The zero-order chi connectivity index (χ0) is 21.5. The molecule has 3 amide bonds. The normalized spacial score (nSPS) is 14.8. The van der Waals surface area contributed by atoms with Gasteiger partial charge in [0.1, 0.15) is 0 Å². The summed E-state index contributed by atoms with van der Waals surface area (Å²) in [5.41, 5.74) is 2.50. The van der Waals surface area contributed by atoms with E-state index in [2.05, 4.69) is 26.0 Å². The molecule has 1 saturated heterocycles. The average molecular weight is 425 g/mol. The number of hydrogen-bond donors (Lipinski definition) is 0. The molecule has 1 aliphatic rings. The lowest BCUT2D eigenvalue weighted by Crippen LogP contribution is -2.35. The van der Waals surface area contributed by atoms with Gasteiger partial charge in [-0.15, -0.1) is 0 Å². The van der Waals surface area contributed by atoms with E-state index in [4.69, 9.17) is 0 Å². The smallest absolute Gasteiger partial charge is 0.289 e. The number of hydrogen-bond acceptors (Lipinski definition) is 4. The highest BCUT2D eigenvalue weighted by molar-refractivity contribution is 8.14. The van der Waals surface area contributed by atoms with Crippen molar-refractivity contribution in [2.24, 2.45) is 0 Å². The van der Waals surface area contributed by atoms with E-state index in [1.165, 1.54) is 4.90 Å². The number of rotatable bonds is 9. The summed E-state index contributed by atoms with van der Waals surface area (Å²) in [4.78, 5) is 40.6. The standard InChI is InChI=1S/C24H28N2O3S/c1-3-5-14-25(21(4-2)19-11-7-6-8-12-19)23(28)20-13-9-10-18(15-20)16-26-22(27)17-30-24(26)29/h6-13,15,21H,3-5,14,16-17H2,1-2H3. The molecule has 0 bridgehead atoms. The van der Waals surface area contributed by atoms with Gasteiger partial charge in [-0.2, -0.15) is 0 Å². The Balaban J connectivity index is 1.85. The number of imide groups is 1. The maximum absolute atomic E-state index is 13.5. The first-order chi connectivity index (χ1) is 14.5. The first-order valence-corrected chi connectivity index (χ1v) is 11.5. The molecular formula is C24H28N2O3S. The first-order valence-electron chi connectivity index (χ1n) is 10.5. The van der Waals surface area contributed by atoms with Gasteiger partial charge >= 0.3 is 0 Å². The number of amides is 3. The Kier molecular flexibility index (Phi) is 7.69. The zero-order valence-electron chi connectivity index (χ0n) is 17.5. The molecule has 158 valence electrons. The highest BCUT2D eigenvalue weighted by Gasteiger charge is 2.30. The van der Waals surface area contributed by atoms with Gasteiger partial charge in [-0.3, -0.25) is 19.3 Å². The molecule has 0 spiro atoms. The summed E-state index contributed by atoms with van der Waals surface area (Å²) < 4.78 is 0. The van der Waals surface area contributed by atoms with E-state index in [1.807, 2.05) is 47.4 Å². The van der Waals surface area contributed by atoms with Crippen LogP contribution in [0.25, 0.3) is 0 Å². The predicted octanol–water partition coefficient (Wildman–Crippen LogP) is 5.28. The van der Waals surface area contributed by atoms with Crippen LogP contribution in [0.1, 0.15) is 60.6 Å². The van der Waals surface area contributed by atoms with Crippen molar-refractivity contribution >= 4 is 28.8 Å². The second-order valence-electron chi connectivity index (χ2n) is 7.42. The molecule has 1 atom stereocenters. The minimum absolute atomic E-state index is 0.00652. The molecule has 1 fully saturated rings. The van der Waals surface area contributed by atoms with Crippen molar-refractivity contribution in [2.45, 2.75) is 45.7 Å². The summed E-state index contributed by atoms with van der Waals surface area (Å²) in [6, 6.07) is 17.4. The van der Waals surface area contributed by atoms with Gasteiger partial charge in [0.25, 0.3) is 11.1 Å². The van der Waals surface area contributed by atoms with E-state index in [9.17, 15) is 14.4 Å². The Labute approximate surface area is 182 Å². The molecule has 6 heteroatoms. The molecule has 2 aromatic carbocycles. The number of carbonyl (C=O) groups is 3. The van der Waals surface area contributed by atoms with Gasteiger partial charge in [0.05, 0.1) is 18.3 Å². The summed E-state index contributed by atoms with van der Waals surface area (Å²) in [5.74, 6) is -0.00629. The van der Waals surface area contributed by atoms with E-state index in [1.54, 1.807) is 0 Å². The van der Waals surface area contributed by atoms with Gasteiger partial charge in [0.2, 0.25) is 5.91 Å². The summed E-state index contributed by atoms with van der Waals surface area (Å²) in [6.45, 7) is 5.11. The van der Waals surface area contributed by atoms with Gasteiger partial charge in [0, 0.05) is 12.1 Å². The molecule has 1 heterocycles. The van der Waals surface area contributed by atoms with Crippen LogP contribution in [0.3, 0.4) is 0 Å². The van der Waals surface area contributed by atoms with Crippen LogP contribution in [-0.4, -0.2) is 39.2 Å². The third-order valence-electron chi connectivity index (χ3n) is 5.32. The fourth-order valence-corrected chi connectivity index (χ4v) is 4.45. The maximum Gasteiger partial charge on any atom is 0.289 e. The molecule has 5 nitrogen and oxygen atoms in total. The number of benzene rings is 2. The van der Waals surface area contributed by atoms with E-state index in [0.717, 1.165) is 42.2 Å². The molecule has 0 aromatic heterocycles. The van der Waals surface area contributed by atoms with Crippen LogP contribution in [0.4, 0.5) is 4.79 Å². The van der Waals surface area contributed by atoms with Crippen molar-refractivity contribution < 1.29 is 14.4 Å². The molecule has 0 radical (unpaired) electrons. The topological polar surface area (TPSA) is 57.7 Å². The molecule has 2 aromatic rings. The van der Waals surface area contributed by atoms with Crippen LogP contribution >= 0.6 is 11.8 Å². The molecule has 0 N–H and O–H groups in total. The third kappa shape index (κ3) is 5.11. The van der Waals surface area contributed by atoms with Crippen LogP contribution in [0.2, 0.25) is 0 Å². The van der Waals surface area contributed by atoms with E-state index in [0.29, 0.717) is 12.1 Å². The largest absolute Gasteiger partial charge is 0.332 e. The van der Waals surface area contributed by atoms with Gasteiger partial charge in [-0.05, 0) is 36.1 Å². The van der Waals surface area contributed by atoms with Crippen molar-refractivity contribution in [1.82, 2.24) is 9.80 Å². The number of carbonyl (C=O) groups excluding carboxylic acids is 3. The molecule has 30 heavy (non-hydrogen) atoms. The monoisotopic (exact) mass is 424 g/mol. The van der Waals surface area contributed by atoms with Crippen molar-refractivity contribution in [1.29, 1.82) is 0 Å². The molecule has 1 unspecified atom stereocenters. The molecule has 1 aliphatic heterocycles. The highest BCUT2D eigenvalue weighted by Crippen LogP contribution is 2.27. The first kappa shape index (κ1) is 22.1. The predicted molar refractivity (Wildman–Crippen MR) is 120 cm³/mol. The van der Waals surface area contributed by atoms with Crippen LogP contribution in [0, 0.1) is 0 Å². The van der Waals surface area contributed by atoms with Crippen LogP contribution in [-0.2, 0) is 11.3 Å². The minimum Gasteiger partial charge on any atom is -0.332 e. The molecular weight excluding hydrogens is 396 g/mol. The molecule has 0 saturated carbocycles. The third-order valence-corrected chi connectivity index (χ3v) is 6.17. The van der Waals surface area contributed by atoms with Crippen molar-refractivity contribution in [3.63, 3.8) is 0 Å². The Morgan fingerprint density at radius 2 is 1.87 bits per heavy atom. The Bertz CT molecular complexity index is 884. The van der Waals surface area contributed by atoms with Crippen molar-refractivity contribution in [2.75, 3.05) is 12.3 Å². The van der Waals surface area contributed by atoms with Crippen LogP contribution in [0.15, 0.2) is 54.6 Å². The molecule has 3 rings (SSSR count). The second-order valence-corrected chi connectivity index (χ2v) is 8.35. The molecule has 0 aliphatic carbocycles. The Hall–Kier alpha value is -2.60. The summed E-state index contributed by atoms with van der Waals surface area (Å²) in [5, 5.41) is -0.226. The van der Waals surface area contributed by atoms with Crippen molar-refractivity contribution in [3.05, 3.63) is 71.3 Å². The van der Waals surface area contributed by atoms with Gasteiger partial charge in [-0.25, -0.2) is 0 Å². The van der Waals surface area contributed by atoms with Crippen LogP contribution < -0.4 is 0 Å². The van der Waals surface area contributed by atoms with E-state index in [-0.39, 0.29) is 35.4 Å². The lowest BCUT2D eigenvalue weighted by molar-refractivity contribution is -0.125. The van der Waals surface area contributed by atoms with Gasteiger partial charge in [0.15, 0.2) is 0 Å². The van der Waals surface area contributed by atoms with E-state index < -0.39 is 0 Å². The van der Waals surface area contributed by atoms with Gasteiger partial charge in [-0.1, -0.05) is 74.5 Å². The summed E-state index contributed by atoms with van der Waals surface area (Å²) in [6.07, 6.45) is 2.77. The zero-order valence-corrected chi connectivity index (χ0v) is 18.4. The number of unbranched alkanes of at least 4 members (excludes halogenated alkanes) is 1. The highest BCUT2D eigenvalue weighted by atomic mass is 32.2. The van der Waals surface area contributed by atoms with Gasteiger partial charge < -0.3 is 4.90 Å². The lowest BCUT2D eigenvalue weighted by atomic mass is 10.0. The fourth-order valence-electron chi connectivity index (χ4n) is 3.72. The number of thioether (sulfide) groups is 1. The maximum atomic E-state index is 13.5.